The van der Waals surface area contributed by atoms with Gasteiger partial charge in [-0.15, -0.1) is 0 Å². The quantitative estimate of drug-likeness (QED) is 0.915. The highest BCUT2D eigenvalue weighted by atomic mass is 19.1. The minimum absolute atomic E-state index is 0.140. The van der Waals surface area contributed by atoms with E-state index in [0.717, 1.165) is 22.4 Å². The summed E-state index contributed by atoms with van der Waals surface area (Å²) in [6, 6.07) is 5.88. The van der Waals surface area contributed by atoms with Gasteiger partial charge < -0.3 is 5.32 Å². The Morgan fingerprint density at radius 2 is 2.21 bits per heavy atom. The van der Waals surface area contributed by atoms with Crippen molar-refractivity contribution in [2.45, 2.75) is 32.4 Å². The normalized spacial score (nSPS) is 14.9. The maximum absolute atomic E-state index is 13.8. The molecule has 100 valence electrons. The molecule has 4 heteroatoms. The molecule has 0 bridgehead atoms. The molecule has 3 rings (SSSR count). The smallest absolute Gasteiger partial charge is 0.127 e. The van der Waals surface area contributed by atoms with Gasteiger partial charge in [0.15, 0.2) is 0 Å². The summed E-state index contributed by atoms with van der Waals surface area (Å²) in [7, 11) is 1.91. The fourth-order valence-electron chi connectivity index (χ4n) is 2.20. The third-order valence-electron chi connectivity index (χ3n) is 3.75. The molecule has 0 spiro atoms. The monoisotopic (exact) mass is 259 g/mol. The zero-order valence-electron chi connectivity index (χ0n) is 11.3. The molecule has 1 aliphatic carbocycles. The lowest BCUT2D eigenvalue weighted by Gasteiger charge is -2.08. The summed E-state index contributed by atoms with van der Waals surface area (Å²) >= 11 is 0. The van der Waals surface area contributed by atoms with Crippen LogP contribution in [-0.2, 0) is 13.6 Å². The fraction of sp³-hybridized carbons (Fsp3) is 0.400. The maximum Gasteiger partial charge on any atom is 0.127 e. The first-order chi connectivity index (χ1) is 9.15. The Bertz CT molecular complexity index is 599. The van der Waals surface area contributed by atoms with Gasteiger partial charge in [0, 0.05) is 36.5 Å². The van der Waals surface area contributed by atoms with Gasteiger partial charge in [0.2, 0.25) is 0 Å². The van der Waals surface area contributed by atoms with Crippen LogP contribution in [-0.4, -0.2) is 15.8 Å². The first-order valence-corrected chi connectivity index (χ1v) is 6.66. The average Bonchev–Trinajstić information content (AvgIpc) is 3.17. The second-order valence-electron chi connectivity index (χ2n) is 5.23. The van der Waals surface area contributed by atoms with Crippen LogP contribution in [0.5, 0.6) is 0 Å². The number of aromatic nitrogens is 2. The van der Waals surface area contributed by atoms with E-state index in [-0.39, 0.29) is 5.82 Å². The van der Waals surface area contributed by atoms with Crippen molar-refractivity contribution in [2.75, 3.05) is 0 Å². The summed E-state index contributed by atoms with van der Waals surface area (Å²) in [6.07, 6.45) is 4.26. The molecule has 1 aromatic carbocycles. The number of hydrogen-bond acceptors (Lipinski definition) is 2. The molecule has 3 nitrogen and oxygen atoms in total. The van der Waals surface area contributed by atoms with E-state index in [4.69, 9.17) is 0 Å². The van der Waals surface area contributed by atoms with Crippen molar-refractivity contribution in [1.82, 2.24) is 15.1 Å². The van der Waals surface area contributed by atoms with Crippen molar-refractivity contribution in [3.8, 4) is 11.1 Å². The van der Waals surface area contributed by atoms with Crippen LogP contribution in [0.3, 0.4) is 0 Å². The Labute approximate surface area is 112 Å². The molecular weight excluding hydrogens is 241 g/mol. The summed E-state index contributed by atoms with van der Waals surface area (Å²) in [5.41, 5.74) is 3.91. The Morgan fingerprint density at radius 3 is 2.84 bits per heavy atom. The highest BCUT2D eigenvalue weighted by Crippen LogP contribution is 2.25. The minimum atomic E-state index is -0.140. The Morgan fingerprint density at radius 1 is 1.42 bits per heavy atom. The van der Waals surface area contributed by atoms with Gasteiger partial charge in [-0.3, -0.25) is 4.68 Å². The van der Waals surface area contributed by atoms with E-state index in [1.165, 1.54) is 12.8 Å². The summed E-state index contributed by atoms with van der Waals surface area (Å²) in [5, 5.41) is 7.59. The van der Waals surface area contributed by atoms with Gasteiger partial charge in [-0.2, -0.15) is 5.10 Å². The van der Waals surface area contributed by atoms with E-state index in [9.17, 15) is 4.39 Å². The topological polar surface area (TPSA) is 29.9 Å². The van der Waals surface area contributed by atoms with Crippen LogP contribution in [0.25, 0.3) is 11.1 Å². The summed E-state index contributed by atoms with van der Waals surface area (Å²) in [5.74, 6) is -0.140. The highest BCUT2D eigenvalue weighted by Gasteiger charge is 2.20. The van der Waals surface area contributed by atoms with Crippen molar-refractivity contribution in [2.24, 2.45) is 7.05 Å². The number of aryl methyl sites for hydroxylation is 1. The zero-order chi connectivity index (χ0) is 13.4. The Hall–Kier alpha value is -1.68. The third kappa shape index (κ3) is 2.54. The standard InChI is InChI=1S/C15H18FN3/c1-10-14(9-18-19(10)2)11-3-6-15(16)12(7-11)8-17-13-4-5-13/h3,6-7,9,13,17H,4-5,8H2,1-2H3. The maximum atomic E-state index is 13.8. The van der Waals surface area contributed by atoms with Gasteiger partial charge in [0.05, 0.1) is 6.20 Å². The van der Waals surface area contributed by atoms with Crippen LogP contribution in [0.15, 0.2) is 24.4 Å². The van der Waals surface area contributed by atoms with Crippen molar-refractivity contribution in [3.05, 3.63) is 41.5 Å². The number of nitrogens with one attached hydrogen (secondary N) is 1. The molecular formula is C15H18FN3. The molecule has 1 saturated carbocycles. The molecule has 0 atom stereocenters. The van der Waals surface area contributed by atoms with Crippen LogP contribution in [0, 0.1) is 12.7 Å². The average molecular weight is 259 g/mol. The highest BCUT2D eigenvalue weighted by molar-refractivity contribution is 5.65. The van der Waals surface area contributed by atoms with Crippen LogP contribution >= 0.6 is 0 Å². The van der Waals surface area contributed by atoms with Gasteiger partial charge in [-0.05, 0) is 37.5 Å². The largest absolute Gasteiger partial charge is 0.310 e. The predicted molar refractivity (Wildman–Crippen MR) is 73.2 cm³/mol. The molecule has 0 aliphatic heterocycles. The molecule has 1 aliphatic rings. The van der Waals surface area contributed by atoms with Gasteiger partial charge in [0.1, 0.15) is 5.82 Å². The summed E-state index contributed by atoms with van der Waals surface area (Å²) in [4.78, 5) is 0. The van der Waals surface area contributed by atoms with Crippen LogP contribution in [0.1, 0.15) is 24.1 Å². The van der Waals surface area contributed by atoms with Gasteiger partial charge in [0.25, 0.3) is 0 Å². The molecule has 0 amide bonds. The lowest BCUT2D eigenvalue weighted by atomic mass is 10.0. The van der Waals surface area contributed by atoms with Crippen molar-refractivity contribution >= 4 is 0 Å². The van der Waals surface area contributed by atoms with Gasteiger partial charge in [-0.25, -0.2) is 4.39 Å². The van der Waals surface area contributed by atoms with E-state index in [0.29, 0.717) is 12.6 Å². The number of nitrogens with zero attached hydrogens (tertiary/aromatic N) is 2. The number of rotatable bonds is 4. The molecule has 1 heterocycles. The van der Waals surface area contributed by atoms with Gasteiger partial charge >= 0.3 is 0 Å². The van der Waals surface area contributed by atoms with E-state index < -0.39 is 0 Å². The SMILES string of the molecule is Cc1c(-c2ccc(F)c(CNC3CC3)c2)cnn1C. The first kappa shape index (κ1) is 12.4. The van der Waals surface area contributed by atoms with Crippen LogP contribution in [0.4, 0.5) is 4.39 Å². The van der Waals surface area contributed by atoms with Gasteiger partial charge in [-0.1, -0.05) is 6.07 Å². The van der Waals surface area contributed by atoms with Crippen molar-refractivity contribution < 1.29 is 4.39 Å². The number of benzene rings is 1. The van der Waals surface area contributed by atoms with Crippen molar-refractivity contribution in [3.63, 3.8) is 0 Å². The molecule has 1 aromatic heterocycles. The van der Waals surface area contributed by atoms with E-state index in [1.807, 2.05) is 37.0 Å². The molecule has 0 saturated heterocycles. The predicted octanol–water partition coefficient (Wildman–Crippen LogP) is 2.79. The molecule has 2 aromatic rings. The summed E-state index contributed by atoms with van der Waals surface area (Å²) in [6.45, 7) is 2.62. The Balaban J connectivity index is 1.89. The van der Waals surface area contributed by atoms with Crippen LogP contribution in [0.2, 0.25) is 0 Å². The third-order valence-corrected chi connectivity index (χ3v) is 3.75. The lowest BCUT2D eigenvalue weighted by molar-refractivity contribution is 0.587. The molecule has 1 N–H and O–H groups in total. The van der Waals surface area contributed by atoms with Crippen molar-refractivity contribution in [1.29, 1.82) is 0 Å². The van der Waals surface area contributed by atoms with E-state index in [1.54, 1.807) is 6.07 Å². The lowest BCUT2D eigenvalue weighted by Crippen LogP contribution is -2.16. The summed E-state index contributed by atoms with van der Waals surface area (Å²) < 4.78 is 15.6. The van der Waals surface area contributed by atoms with E-state index >= 15 is 0 Å². The number of halogens is 1. The minimum Gasteiger partial charge on any atom is -0.310 e. The first-order valence-electron chi connectivity index (χ1n) is 6.66. The van der Waals surface area contributed by atoms with Crippen LogP contribution < -0.4 is 5.32 Å². The second-order valence-corrected chi connectivity index (χ2v) is 5.23. The molecule has 19 heavy (non-hydrogen) atoms. The number of hydrogen-bond donors (Lipinski definition) is 1. The molecule has 1 fully saturated rings. The fourth-order valence-corrected chi connectivity index (χ4v) is 2.20. The second kappa shape index (κ2) is 4.78. The molecule has 0 unspecified atom stereocenters. The zero-order valence-corrected chi connectivity index (χ0v) is 11.3. The Kier molecular flexibility index (Phi) is 3.11. The molecule has 0 radical (unpaired) electrons. The van der Waals surface area contributed by atoms with E-state index in [2.05, 4.69) is 10.4 Å².